The number of nitrogens with zero attached hydrogens (tertiary/aromatic N) is 1. The van der Waals surface area contributed by atoms with Crippen molar-refractivity contribution in [3.05, 3.63) is 60.8 Å². The molecule has 0 aliphatic rings. The minimum Gasteiger partial charge on any atom is -0.756 e. The van der Waals surface area contributed by atoms with Crippen molar-refractivity contribution in [2.75, 3.05) is 54.1 Å². The molecular formula is C43H78NO7P. The Morgan fingerprint density at radius 2 is 1.12 bits per heavy atom. The van der Waals surface area contributed by atoms with Crippen molar-refractivity contribution in [3.8, 4) is 0 Å². The maximum Gasteiger partial charge on any atom is 0.306 e. The Labute approximate surface area is 320 Å². The highest BCUT2D eigenvalue weighted by atomic mass is 31.2. The zero-order valence-electron chi connectivity index (χ0n) is 34.0. The summed E-state index contributed by atoms with van der Waals surface area (Å²) in [5.74, 6) is -0.354. The average molecular weight is 752 g/mol. The highest BCUT2D eigenvalue weighted by molar-refractivity contribution is 7.45. The summed E-state index contributed by atoms with van der Waals surface area (Å²) in [5, 5.41) is 0. The lowest BCUT2D eigenvalue weighted by molar-refractivity contribution is -0.870. The Hall–Kier alpha value is -1.80. The van der Waals surface area contributed by atoms with Crippen molar-refractivity contribution in [1.29, 1.82) is 0 Å². The normalized spacial score (nSPS) is 14.5. The summed E-state index contributed by atoms with van der Waals surface area (Å²) in [6, 6.07) is 0. The molecule has 0 aromatic heterocycles. The number of phosphoric acid groups is 1. The van der Waals surface area contributed by atoms with Crippen LogP contribution in [0.4, 0.5) is 0 Å². The van der Waals surface area contributed by atoms with Crippen LogP contribution in [-0.4, -0.2) is 70.7 Å². The molecule has 0 heterocycles. The lowest BCUT2D eigenvalue weighted by Crippen LogP contribution is -2.37. The van der Waals surface area contributed by atoms with E-state index in [4.69, 9.17) is 18.5 Å². The van der Waals surface area contributed by atoms with Crippen LogP contribution in [0, 0.1) is 0 Å². The van der Waals surface area contributed by atoms with Gasteiger partial charge in [0.15, 0.2) is 0 Å². The molecule has 302 valence electrons. The van der Waals surface area contributed by atoms with Gasteiger partial charge in [-0.1, -0.05) is 126 Å². The Balaban J connectivity index is 4.31. The minimum atomic E-state index is -4.53. The summed E-state index contributed by atoms with van der Waals surface area (Å²) in [4.78, 5) is 25.0. The quantitative estimate of drug-likeness (QED) is 0.0205. The number of unbranched alkanes of at least 4 members (excludes halogenated alkanes) is 13. The number of hydrogen-bond acceptors (Lipinski definition) is 7. The molecule has 0 bridgehead atoms. The first-order chi connectivity index (χ1) is 25.1. The van der Waals surface area contributed by atoms with Gasteiger partial charge in [-0.25, -0.2) is 0 Å². The van der Waals surface area contributed by atoms with E-state index in [9.17, 15) is 14.3 Å². The monoisotopic (exact) mass is 752 g/mol. The predicted molar refractivity (Wildman–Crippen MR) is 217 cm³/mol. The largest absolute Gasteiger partial charge is 0.756 e. The molecule has 0 aliphatic heterocycles. The number of rotatable bonds is 37. The molecular weight excluding hydrogens is 673 g/mol. The maximum atomic E-state index is 12.6. The van der Waals surface area contributed by atoms with Gasteiger partial charge in [0.1, 0.15) is 19.3 Å². The number of carbonyl (C=O) groups is 1. The van der Waals surface area contributed by atoms with E-state index < -0.39 is 13.9 Å². The third kappa shape index (κ3) is 39.4. The number of phosphoric ester groups is 1. The van der Waals surface area contributed by atoms with Gasteiger partial charge in [-0.3, -0.25) is 9.36 Å². The topological polar surface area (TPSA) is 94.1 Å². The Kier molecular flexibility index (Phi) is 34.9. The van der Waals surface area contributed by atoms with E-state index in [1.54, 1.807) is 0 Å². The van der Waals surface area contributed by atoms with Gasteiger partial charge in [-0.15, -0.1) is 0 Å². The SMILES string of the molecule is CC/C=C\C/C=C\C/C=C\C/C=C\CCCCCCCOCC(COP(=O)([O-])OCC[N+](C)(C)C)OC(=O)CCCCCCC/C=C\CCCCC. The third-order valence-corrected chi connectivity index (χ3v) is 9.27. The van der Waals surface area contributed by atoms with E-state index in [0.717, 1.165) is 83.5 Å². The second kappa shape index (κ2) is 36.2. The standard InChI is InChI=1S/C43H78NO7P/c1-6-8-10-12-14-16-18-20-21-22-23-24-25-27-29-31-33-35-38-48-40-42(41-50-52(46,47)49-39-37-44(3,4)5)51-43(45)36-34-32-30-28-26-19-17-15-13-11-9-7-2/h8,10,14-17,20-21,23-24,42H,6-7,9,11-13,18-19,22,25-41H2,1-5H3/b10-8-,16-14-,17-15-,21-20-,24-23-. The Bertz CT molecular complexity index is 1020. The van der Waals surface area contributed by atoms with E-state index in [0.29, 0.717) is 24.1 Å². The highest BCUT2D eigenvalue weighted by Crippen LogP contribution is 2.38. The van der Waals surface area contributed by atoms with E-state index >= 15 is 0 Å². The maximum absolute atomic E-state index is 12.6. The number of allylic oxidation sites excluding steroid dienone is 10. The molecule has 2 atom stereocenters. The first kappa shape index (κ1) is 50.2. The van der Waals surface area contributed by atoms with Crippen LogP contribution in [-0.2, 0) is 27.9 Å². The molecule has 0 spiro atoms. The summed E-state index contributed by atoms with van der Waals surface area (Å²) in [7, 11) is 1.33. The van der Waals surface area contributed by atoms with Crippen LogP contribution in [0.3, 0.4) is 0 Å². The van der Waals surface area contributed by atoms with Crippen molar-refractivity contribution in [3.63, 3.8) is 0 Å². The van der Waals surface area contributed by atoms with Crippen molar-refractivity contribution < 1.29 is 37.3 Å². The van der Waals surface area contributed by atoms with Gasteiger partial charge in [-0.05, 0) is 77.0 Å². The molecule has 0 saturated carbocycles. The number of carbonyl (C=O) groups excluding carboxylic acids is 1. The van der Waals surface area contributed by atoms with Crippen LogP contribution in [0.15, 0.2) is 60.8 Å². The van der Waals surface area contributed by atoms with Gasteiger partial charge in [0.05, 0.1) is 34.4 Å². The summed E-state index contributed by atoms with van der Waals surface area (Å²) in [6.07, 6.45) is 43.7. The van der Waals surface area contributed by atoms with Crippen LogP contribution >= 0.6 is 7.82 Å². The Morgan fingerprint density at radius 3 is 1.69 bits per heavy atom. The molecule has 0 aromatic rings. The molecule has 0 fully saturated rings. The summed E-state index contributed by atoms with van der Waals surface area (Å²) >= 11 is 0. The molecule has 0 rings (SSSR count). The summed E-state index contributed by atoms with van der Waals surface area (Å²) in [5.41, 5.74) is 0. The Morgan fingerprint density at radius 1 is 0.615 bits per heavy atom. The third-order valence-electron chi connectivity index (χ3n) is 8.30. The van der Waals surface area contributed by atoms with E-state index in [1.165, 1.54) is 44.9 Å². The van der Waals surface area contributed by atoms with E-state index in [2.05, 4.69) is 74.6 Å². The molecule has 9 heteroatoms. The molecule has 0 amide bonds. The number of quaternary nitrogens is 1. The van der Waals surface area contributed by atoms with Crippen molar-refractivity contribution in [1.82, 2.24) is 0 Å². The lowest BCUT2D eigenvalue weighted by Gasteiger charge is -2.28. The summed E-state index contributed by atoms with van der Waals surface area (Å²) in [6.45, 7) is 5.19. The van der Waals surface area contributed by atoms with Gasteiger partial charge in [0, 0.05) is 13.0 Å². The first-order valence-electron chi connectivity index (χ1n) is 20.5. The molecule has 0 radical (unpaired) electrons. The lowest BCUT2D eigenvalue weighted by atomic mass is 10.1. The smallest absolute Gasteiger partial charge is 0.306 e. The van der Waals surface area contributed by atoms with Crippen LogP contribution < -0.4 is 4.89 Å². The molecule has 2 unspecified atom stereocenters. The fourth-order valence-corrected chi connectivity index (χ4v) is 5.85. The van der Waals surface area contributed by atoms with Gasteiger partial charge in [0.25, 0.3) is 7.82 Å². The number of hydrogen-bond donors (Lipinski definition) is 0. The van der Waals surface area contributed by atoms with Crippen LogP contribution in [0.25, 0.3) is 0 Å². The van der Waals surface area contributed by atoms with Crippen LogP contribution in [0.2, 0.25) is 0 Å². The van der Waals surface area contributed by atoms with E-state index in [-0.39, 0.29) is 25.8 Å². The minimum absolute atomic E-state index is 0.0178. The number of ether oxygens (including phenoxy) is 2. The first-order valence-corrected chi connectivity index (χ1v) is 22.0. The molecule has 0 aliphatic carbocycles. The molecule has 0 aromatic carbocycles. The van der Waals surface area contributed by atoms with Crippen LogP contribution in [0.1, 0.15) is 149 Å². The summed E-state index contributed by atoms with van der Waals surface area (Å²) < 4.78 is 34.5. The molecule has 52 heavy (non-hydrogen) atoms. The van der Waals surface area contributed by atoms with Gasteiger partial charge in [-0.2, -0.15) is 0 Å². The van der Waals surface area contributed by atoms with E-state index in [1.807, 2.05) is 21.1 Å². The molecule has 0 saturated heterocycles. The zero-order valence-corrected chi connectivity index (χ0v) is 34.9. The predicted octanol–water partition coefficient (Wildman–Crippen LogP) is 11.1. The molecule has 0 N–H and O–H groups in total. The van der Waals surface area contributed by atoms with Crippen molar-refractivity contribution in [2.45, 2.75) is 155 Å². The number of esters is 1. The zero-order chi connectivity index (χ0) is 38.4. The second-order valence-electron chi connectivity index (χ2n) is 14.6. The molecule has 8 nitrogen and oxygen atoms in total. The van der Waals surface area contributed by atoms with Crippen LogP contribution in [0.5, 0.6) is 0 Å². The van der Waals surface area contributed by atoms with Gasteiger partial charge in [0.2, 0.25) is 0 Å². The number of likely N-dealkylation sites (N-methyl/N-ethyl adjacent to an activating group) is 1. The van der Waals surface area contributed by atoms with Gasteiger partial charge >= 0.3 is 5.97 Å². The fourth-order valence-electron chi connectivity index (χ4n) is 5.12. The second-order valence-corrected chi connectivity index (χ2v) is 16.0. The van der Waals surface area contributed by atoms with Crippen molar-refractivity contribution in [2.24, 2.45) is 0 Å². The fraction of sp³-hybridized carbons (Fsp3) is 0.744. The van der Waals surface area contributed by atoms with Gasteiger partial charge < -0.3 is 27.9 Å². The highest BCUT2D eigenvalue weighted by Gasteiger charge is 2.20. The van der Waals surface area contributed by atoms with Crippen molar-refractivity contribution >= 4 is 13.8 Å². The average Bonchev–Trinajstić information content (AvgIpc) is 3.09.